The van der Waals surface area contributed by atoms with Crippen LogP contribution in [0.3, 0.4) is 0 Å². The first-order chi connectivity index (χ1) is 10.1. The van der Waals surface area contributed by atoms with Gasteiger partial charge in [-0.25, -0.2) is 0 Å². The number of rotatable bonds is 5. The molecule has 1 N–H and O–H groups in total. The number of phenols is 1. The molecule has 0 bridgehead atoms. The van der Waals surface area contributed by atoms with Crippen molar-refractivity contribution in [3.63, 3.8) is 0 Å². The van der Waals surface area contributed by atoms with Crippen molar-refractivity contribution in [2.75, 3.05) is 6.61 Å². The van der Waals surface area contributed by atoms with E-state index in [1.165, 1.54) is 0 Å². The van der Waals surface area contributed by atoms with Crippen molar-refractivity contribution >= 4 is 27.3 Å². The Morgan fingerprint density at radius 3 is 2.43 bits per heavy atom. The molecule has 0 heterocycles. The molecule has 21 heavy (non-hydrogen) atoms. The van der Waals surface area contributed by atoms with Gasteiger partial charge in [-0.1, -0.05) is 6.92 Å². The van der Waals surface area contributed by atoms with E-state index in [0.29, 0.717) is 22.5 Å². The number of halogens is 1. The van der Waals surface area contributed by atoms with Gasteiger partial charge >= 0.3 is 0 Å². The van der Waals surface area contributed by atoms with E-state index < -0.39 is 0 Å². The first-order valence-corrected chi connectivity index (χ1v) is 7.59. The van der Waals surface area contributed by atoms with E-state index in [1.54, 1.807) is 0 Å². The number of hydrogen-bond acceptors (Lipinski definition) is 4. The summed E-state index contributed by atoms with van der Waals surface area (Å²) >= 11 is 3.32. The summed E-state index contributed by atoms with van der Waals surface area (Å²) in [6, 6.07) is 11.0. The van der Waals surface area contributed by atoms with Crippen molar-refractivity contribution in [1.29, 1.82) is 0 Å². The highest BCUT2D eigenvalue weighted by Crippen LogP contribution is 2.36. The molecule has 110 valence electrons. The van der Waals surface area contributed by atoms with Crippen molar-refractivity contribution in [3.8, 4) is 11.5 Å². The van der Waals surface area contributed by atoms with Crippen LogP contribution in [0.25, 0.3) is 0 Å². The van der Waals surface area contributed by atoms with Crippen LogP contribution < -0.4 is 4.74 Å². The summed E-state index contributed by atoms with van der Waals surface area (Å²) in [5.74, 6) is 0.900. The summed E-state index contributed by atoms with van der Waals surface area (Å²) in [6.45, 7) is 4.62. The smallest absolute Gasteiger partial charge is 0.157 e. The summed E-state index contributed by atoms with van der Waals surface area (Å²) in [4.78, 5) is 0. The van der Waals surface area contributed by atoms with E-state index in [0.717, 1.165) is 17.7 Å². The zero-order chi connectivity index (χ0) is 15.2. The molecule has 0 amide bonds. The lowest BCUT2D eigenvalue weighted by Crippen LogP contribution is -1.89. The fraction of sp³-hybridized carbons (Fsp3) is 0.250. The van der Waals surface area contributed by atoms with E-state index in [4.69, 9.17) is 4.74 Å². The summed E-state index contributed by atoms with van der Waals surface area (Å²) in [7, 11) is 0. The lowest BCUT2D eigenvalue weighted by Gasteiger charge is -2.04. The standard InChI is InChI=1S/C16H17BrN2O2/c1-3-11-9-14(17)16(20)15(10-11)19-18-12-5-7-13(8-6-12)21-4-2/h5-10,20H,3-4H2,1-2H3. The van der Waals surface area contributed by atoms with Crippen molar-refractivity contribution < 1.29 is 9.84 Å². The molecule has 0 fully saturated rings. The Kier molecular flexibility index (Phi) is 5.33. The van der Waals surface area contributed by atoms with Crippen LogP contribution in [0, 0.1) is 0 Å². The second-order valence-electron chi connectivity index (χ2n) is 4.43. The van der Waals surface area contributed by atoms with Crippen LogP contribution in [0.4, 0.5) is 11.4 Å². The van der Waals surface area contributed by atoms with Gasteiger partial charge in [0.25, 0.3) is 0 Å². The normalized spacial score (nSPS) is 11.0. The van der Waals surface area contributed by atoms with Gasteiger partial charge in [0.15, 0.2) is 5.75 Å². The van der Waals surface area contributed by atoms with Crippen LogP contribution in [0.2, 0.25) is 0 Å². The minimum atomic E-state index is 0.0990. The number of aryl methyl sites for hydroxylation is 1. The molecule has 2 aromatic carbocycles. The fourth-order valence-corrected chi connectivity index (χ4v) is 2.30. The molecule has 0 saturated heterocycles. The average molecular weight is 349 g/mol. The monoisotopic (exact) mass is 348 g/mol. The molecule has 4 nitrogen and oxygen atoms in total. The van der Waals surface area contributed by atoms with Gasteiger partial charge in [0.1, 0.15) is 11.4 Å². The molecule has 0 saturated carbocycles. The van der Waals surface area contributed by atoms with Crippen LogP contribution in [-0.2, 0) is 6.42 Å². The van der Waals surface area contributed by atoms with E-state index in [1.807, 2.05) is 50.2 Å². The largest absolute Gasteiger partial charge is 0.505 e. The summed E-state index contributed by atoms with van der Waals surface area (Å²) in [6.07, 6.45) is 0.866. The minimum absolute atomic E-state index is 0.0990. The maximum Gasteiger partial charge on any atom is 0.157 e. The SMILES string of the molecule is CCOc1ccc(N=Nc2cc(CC)cc(Br)c2O)cc1. The van der Waals surface area contributed by atoms with Crippen LogP contribution in [0.15, 0.2) is 51.1 Å². The maximum absolute atomic E-state index is 9.99. The number of aromatic hydroxyl groups is 1. The highest BCUT2D eigenvalue weighted by atomic mass is 79.9. The third kappa shape index (κ3) is 4.04. The molecule has 0 aliphatic carbocycles. The third-order valence-electron chi connectivity index (χ3n) is 2.93. The molecule has 2 aromatic rings. The van der Waals surface area contributed by atoms with E-state index in [9.17, 15) is 5.11 Å². The molecule has 0 aliphatic rings. The first-order valence-electron chi connectivity index (χ1n) is 6.80. The highest BCUT2D eigenvalue weighted by molar-refractivity contribution is 9.10. The van der Waals surface area contributed by atoms with Gasteiger partial charge in [-0.05, 0) is 71.2 Å². The molecule has 0 spiro atoms. The van der Waals surface area contributed by atoms with Crippen LogP contribution in [0.5, 0.6) is 11.5 Å². The van der Waals surface area contributed by atoms with Gasteiger partial charge in [0.05, 0.1) is 16.8 Å². The second-order valence-corrected chi connectivity index (χ2v) is 5.28. The van der Waals surface area contributed by atoms with Crippen LogP contribution in [-0.4, -0.2) is 11.7 Å². The molecule has 2 rings (SSSR count). The zero-order valence-corrected chi connectivity index (χ0v) is 13.6. The Morgan fingerprint density at radius 1 is 1.10 bits per heavy atom. The lowest BCUT2D eigenvalue weighted by molar-refractivity contribution is 0.340. The van der Waals surface area contributed by atoms with Gasteiger partial charge in [-0.15, -0.1) is 5.11 Å². The Balaban J connectivity index is 2.22. The van der Waals surface area contributed by atoms with Crippen molar-refractivity contribution in [2.45, 2.75) is 20.3 Å². The summed E-state index contributed by atoms with van der Waals surface area (Å²) in [5, 5.41) is 18.3. The van der Waals surface area contributed by atoms with Crippen molar-refractivity contribution in [3.05, 3.63) is 46.4 Å². The molecule has 0 unspecified atom stereocenters. The van der Waals surface area contributed by atoms with Gasteiger partial charge < -0.3 is 9.84 Å². The molecular weight excluding hydrogens is 332 g/mol. The minimum Gasteiger partial charge on any atom is -0.505 e. The Morgan fingerprint density at radius 2 is 1.81 bits per heavy atom. The third-order valence-corrected chi connectivity index (χ3v) is 3.54. The van der Waals surface area contributed by atoms with Crippen LogP contribution >= 0.6 is 15.9 Å². The lowest BCUT2D eigenvalue weighted by atomic mass is 10.1. The summed E-state index contributed by atoms with van der Waals surface area (Å²) < 4.78 is 6.00. The van der Waals surface area contributed by atoms with Crippen molar-refractivity contribution in [2.24, 2.45) is 10.2 Å². The van der Waals surface area contributed by atoms with Crippen molar-refractivity contribution in [1.82, 2.24) is 0 Å². The number of ether oxygens (including phenoxy) is 1. The Bertz CT molecular complexity index is 639. The van der Waals surface area contributed by atoms with E-state index in [-0.39, 0.29) is 5.75 Å². The first kappa shape index (κ1) is 15.5. The zero-order valence-electron chi connectivity index (χ0n) is 12.0. The molecule has 0 radical (unpaired) electrons. The van der Waals surface area contributed by atoms with E-state index >= 15 is 0 Å². The quantitative estimate of drug-likeness (QED) is 0.722. The highest BCUT2D eigenvalue weighted by Gasteiger charge is 2.07. The number of nitrogens with zero attached hydrogens (tertiary/aromatic N) is 2. The van der Waals surface area contributed by atoms with Gasteiger partial charge in [0.2, 0.25) is 0 Å². The molecular formula is C16H17BrN2O2. The predicted octanol–water partition coefficient (Wildman–Crippen LogP) is 5.53. The number of phenolic OH excluding ortho intramolecular Hbond substituents is 1. The molecule has 0 aromatic heterocycles. The second kappa shape index (κ2) is 7.22. The molecule has 0 atom stereocenters. The number of azo groups is 1. The van der Waals surface area contributed by atoms with Crippen LogP contribution in [0.1, 0.15) is 19.4 Å². The average Bonchev–Trinajstić information content (AvgIpc) is 2.50. The summed E-state index contributed by atoms with van der Waals surface area (Å²) in [5.41, 5.74) is 2.24. The predicted molar refractivity (Wildman–Crippen MR) is 87.0 cm³/mol. The fourth-order valence-electron chi connectivity index (χ4n) is 1.81. The van der Waals surface area contributed by atoms with Gasteiger partial charge in [-0.2, -0.15) is 5.11 Å². The van der Waals surface area contributed by atoms with E-state index in [2.05, 4.69) is 26.2 Å². The van der Waals surface area contributed by atoms with Gasteiger partial charge in [-0.3, -0.25) is 0 Å². The molecule has 0 aliphatic heterocycles. The Labute approximate surface area is 132 Å². The Hall–Kier alpha value is -1.88. The number of hydrogen-bond donors (Lipinski definition) is 1. The van der Waals surface area contributed by atoms with Gasteiger partial charge in [0, 0.05) is 0 Å². The maximum atomic E-state index is 9.99. The topological polar surface area (TPSA) is 54.2 Å². The molecule has 5 heteroatoms. The number of benzene rings is 2.